The molecule has 7 nitrogen and oxygen atoms in total. The molecule has 0 spiro atoms. The molecule has 0 aliphatic carbocycles. The smallest absolute Gasteiger partial charge is 0.231 e. The van der Waals surface area contributed by atoms with Crippen LogP contribution >= 0.6 is 0 Å². The molecular formula is C23H23N5O2. The summed E-state index contributed by atoms with van der Waals surface area (Å²) in [6.07, 6.45) is 4.22. The first-order valence-electron chi connectivity index (χ1n) is 10.3. The van der Waals surface area contributed by atoms with Crippen LogP contribution in [0.4, 0.5) is 5.95 Å². The first-order valence-corrected chi connectivity index (χ1v) is 10.3. The van der Waals surface area contributed by atoms with E-state index in [-0.39, 0.29) is 17.6 Å². The van der Waals surface area contributed by atoms with Crippen LogP contribution in [-0.4, -0.2) is 57.3 Å². The van der Waals surface area contributed by atoms with Crippen LogP contribution in [0, 0.1) is 0 Å². The molecule has 1 atom stereocenters. The lowest BCUT2D eigenvalue weighted by Gasteiger charge is -2.35. The summed E-state index contributed by atoms with van der Waals surface area (Å²) < 4.78 is 2.02. The van der Waals surface area contributed by atoms with Gasteiger partial charge in [-0.2, -0.15) is 0 Å². The lowest BCUT2D eigenvalue weighted by Crippen LogP contribution is -2.50. The number of benzene rings is 1. The van der Waals surface area contributed by atoms with Gasteiger partial charge in [-0.1, -0.05) is 30.3 Å². The molecular weight excluding hydrogens is 378 g/mol. The van der Waals surface area contributed by atoms with Gasteiger partial charge < -0.3 is 14.4 Å². The van der Waals surface area contributed by atoms with E-state index >= 15 is 0 Å². The van der Waals surface area contributed by atoms with E-state index in [2.05, 4.69) is 14.9 Å². The molecule has 4 heterocycles. The predicted octanol–water partition coefficient (Wildman–Crippen LogP) is 2.35. The van der Waals surface area contributed by atoms with E-state index in [9.17, 15) is 9.59 Å². The lowest BCUT2D eigenvalue weighted by atomic mass is 10.0. The van der Waals surface area contributed by atoms with Crippen LogP contribution in [-0.2, 0) is 11.3 Å². The molecule has 3 aromatic rings. The van der Waals surface area contributed by atoms with Crippen molar-refractivity contribution in [3.8, 4) is 0 Å². The zero-order chi connectivity index (χ0) is 20.5. The second kappa shape index (κ2) is 7.74. The Hall–Kier alpha value is -3.48. The molecule has 7 heteroatoms. The zero-order valence-corrected chi connectivity index (χ0v) is 16.6. The highest BCUT2D eigenvalue weighted by Gasteiger charge is 2.35. The Labute approximate surface area is 175 Å². The van der Waals surface area contributed by atoms with Crippen LogP contribution in [0.1, 0.15) is 34.1 Å². The van der Waals surface area contributed by atoms with Crippen molar-refractivity contribution in [2.45, 2.75) is 18.9 Å². The van der Waals surface area contributed by atoms with E-state index in [4.69, 9.17) is 0 Å². The van der Waals surface area contributed by atoms with Crippen molar-refractivity contribution in [1.82, 2.24) is 19.4 Å². The zero-order valence-electron chi connectivity index (χ0n) is 16.6. The molecule has 1 amide bonds. The minimum atomic E-state index is -0.179. The molecule has 2 aromatic heterocycles. The van der Waals surface area contributed by atoms with Crippen LogP contribution in [0.3, 0.4) is 0 Å². The van der Waals surface area contributed by atoms with Crippen LogP contribution in [0.5, 0.6) is 0 Å². The van der Waals surface area contributed by atoms with Crippen molar-refractivity contribution in [3.63, 3.8) is 0 Å². The van der Waals surface area contributed by atoms with Gasteiger partial charge in [-0.3, -0.25) is 9.59 Å². The van der Waals surface area contributed by atoms with Crippen molar-refractivity contribution >= 4 is 17.6 Å². The second-order valence-electron chi connectivity index (χ2n) is 7.69. The highest BCUT2D eigenvalue weighted by Crippen LogP contribution is 2.33. The number of amides is 1. The summed E-state index contributed by atoms with van der Waals surface area (Å²) in [5.41, 5.74) is 2.29. The largest absolute Gasteiger partial charge is 0.341 e. The number of carbonyl (C=O) groups excluding carboxylic acids is 2. The molecule has 1 saturated heterocycles. The van der Waals surface area contributed by atoms with E-state index in [1.165, 1.54) is 0 Å². The predicted molar refractivity (Wildman–Crippen MR) is 112 cm³/mol. The molecule has 30 heavy (non-hydrogen) atoms. The number of rotatable bonds is 4. The minimum Gasteiger partial charge on any atom is -0.341 e. The molecule has 5 rings (SSSR count). The fourth-order valence-corrected chi connectivity index (χ4v) is 4.43. The summed E-state index contributed by atoms with van der Waals surface area (Å²) >= 11 is 0. The van der Waals surface area contributed by atoms with Gasteiger partial charge in [0.2, 0.25) is 17.6 Å². The molecule has 2 aliphatic heterocycles. The second-order valence-corrected chi connectivity index (χ2v) is 7.69. The molecule has 2 aliphatic rings. The minimum absolute atomic E-state index is 0.00595. The molecule has 1 unspecified atom stereocenters. The Balaban J connectivity index is 1.28. The van der Waals surface area contributed by atoms with Crippen molar-refractivity contribution < 1.29 is 9.59 Å². The number of fused-ring (bicyclic) bond motifs is 1. The maximum absolute atomic E-state index is 13.2. The van der Waals surface area contributed by atoms with Gasteiger partial charge in [-0.15, -0.1) is 0 Å². The fourth-order valence-electron chi connectivity index (χ4n) is 4.43. The summed E-state index contributed by atoms with van der Waals surface area (Å²) in [5, 5.41) is 0. The van der Waals surface area contributed by atoms with Crippen LogP contribution in [0.15, 0.2) is 60.9 Å². The highest BCUT2D eigenvalue weighted by molar-refractivity contribution is 6.08. The summed E-state index contributed by atoms with van der Waals surface area (Å²) in [7, 11) is 0. The molecule has 152 valence electrons. The molecule has 0 saturated carbocycles. The van der Waals surface area contributed by atoms with Crippen LogP contribution < -0.4 is 4.90 Å². The Morgan fingerprint density at radius 3 is 2.30 bits per heavy atom. The van der Waals surface area contributed by atoms with Gasteiger partial charge in [0.15, 0.2) is 0 Å². The summed E-state index contributed by atoms with van der Waals surface area (Å²) in [6, 6.07) is 14.9. The van der Waals surface area contributed by atoms with Gasteiger partial charge in [-0.05, 0) is 24.6 Å². The number of ketones is 1. The Morgan fingerprint density at radius 2 is 1.57 bits per heavy atom. The molecule has 1 aromatic carbocycles. The molecule has 0 N–H and O–H groups in total. The molecule has 0 bridgehead atoms. The highest BCUT2D eigenvalue weighted by atomic mass is 16.2. The van der Waals surface area contributed by atoms with Crippen LogP contribution in [0.25, 0.3) is 0 Å². The van der Waals surface area contributed by atoms with Gasteiger partial charge in [0.05, 0.1) is 11.6 Å². The van der Waals surface area contributed by atoms with Gasteiger partial charge in [0.25, 0.3) is 0 Å². The molecule has 1 fully saturated rings. The maximum atomic E-state index is 13.2. The topological polar surface area (TPSA) is 71.3 Å². The monoisotopic (exact) mass is 401 g/mol. The number of hydrogen-bond acceptors (Lipinski definition) is 5. The van der Waals surface area contributed by atoms with Gasteiger partial charge in [-0.25, -0.2) is 9.97 Å². The van der Waals surface area contributed by atoms with E-state index in [0.717, 1.165) is 25.2 Å². The van der Waals surface area contributed by atoms with Crippen molar-refractivity contribution in [2.75, 3.05) is 31.1 Å². The standard InChI is InChI=1S/C23H23N5O2/c29-21(17-5-2-1-3-6-17)20-8-7-19-18(9-12-28(19)20)22(30)26-13-15-27(16-14-26)23-24-10-4-11-25-23/h1-8,10-11,18H,9,12-16H2. The van der Waals surface area contributed by atoms with E-state index in [1.54, 1.807) is 18.5 Å². The van der Waals surface area contributed by atoms with E-state index in [0.29, 0.717) is 36.8 Å². The Kier molecular flexibility index (Phi) is 4.78. The fraction of sp³-hybridized carbons (Fsp3) is 0.304. The third-order valence-corrected chi connectivity index (χ3v) is 6.01. The van der Waals surface area contributed by atoms with Gasteiger partial charge in [0, 0.05) is 56.4 Å². The van der Waals surface area contributed by atoms with E-state index < -0.39 is 0 Å². The molecule has 0 radical (unpaired) electrons. The normalized spacial score (nSPS) is 18.3. The first-order chi connectivity index (χ1) is 14.7. The van der Waals surface area contributed by atoms with Crippen molar-refractivity contribution in [2.24, 2.45) is 0 Å². The number of nitrogens with zero attached hydrogens (tertiary/aromatic N) is 5. The average molecular weight is 401 g/mol. The third-order valence-electron chi connectivity index (χ3n) is 6.01. The average Bonchev–Trinajstić information content (AvgIpc) is 3.42. The number of carbonyl (C=O) groups is 2. The number of piperazine rings is 1. The van der Waals surface area contributed by atoms with E-state index in [1.807, 2.05) is 51.9 Å². The van der Waals surface area contributed by atoms with Gasteiger partial charge >= 0.3 is 0 Å². The summed E-state index contributed by atoms with van der Waals surface area (Å²) in [5.74, 6) is 0.691. The number of aromatic nitrogens is 3. The SMILES string of the molecule is O=C(c1ccccc1)c1ccc2n1CCC2C(=O)N1CCN(c2ncccn2)CC1. The lowest BCUT2D eigenvalue weighted by molar-refractivity contribution is -0.133. The Morgan fingerprint density at radius 1 is 0.833 bits per heavy atom. The Bertz CT molecular complexity index is 1060. The first kappa shape index (κ1) is 18.5. The summed E-state index contributed by atoms with van der Waals surface area (Å²) in [6.45, 7) is 3.46. The quantitative estimate of drug-likeness (QED) is 0.628. The number of hydrogen-bond donors (Lipinski definition) is 0. The van der Waals surface area contributed by atoms with Crippen LogP contribution in [0.2, 0.25) is 0 Å². The van der Waals surface area contributed by atoms with Crippen molar-refractivity contribution in [3.05, 3.63) is 77.9 Å². The summed E-state index contributed by atoms with van der Waals surface area (Å²) in [4.78, 5) is 38.8. The maximum Gasteiger partial charge on any atom is 0.231 e. The third kappa shape index (κ3) is 3.26. The number of anilines is 1. The van der Waals surface area contributed by atoms with Gasteiger partial charge in [0.1, 0.15) is 0 Å². The van der Waals surface area contributed by atoms with Crippen molar-refractivity contribution in [1.29, 1.82) is 0 Å².